The molecule has 0 spiro atoms. The fourth-order valence-electron chi connectivity index (χ4n) is 2.96. The fourth-order valence-corrected chi connectivity index (χ4v) is 4.63. The van der Waals surface area contributed by atoms with Gasteiger partial charge in [-0.15, -0.1) is 0 Å². The molecule has 0 aromatic heterocycles. The zero-order valence-electron chi connectivity index (χ0n) is 12.4. The predicted octanol–water partition coefficient (Wildman–Crippen LogP) is 4.62. The molecule has 1 aliphatic rings. The molecule has 0 saturated heterocycles. The Morgan fingerprint density at radius 3 is 2.30 bits per heavy atom. The van der Waals surface area contributed by atoms with Crippen LogP contribution in [0.15, 0.2) is 52.3 Å². The zero-order valence-corrected chi connectivity index (χ0v) is 13.3. The number of benzene rings is 2. The smallest absolute Gasteiger partial charge is 0.162 e. The first kappa shape index (κ1) is 13.7. The highest BCUT2D eigenvalue weighted by molar-refractivity contribution is 7.91. The van der Waals surface area contributed by atoms with Gasteiger partial charge in [-0.05, 0) is 29.7 Å². The minimum Gasteiger partial charge on any atom is -0.606 e. The summed E-state index contributed by atoms with van der Waals surface area (Å²) in [4.78, 5) is 1.93. The van der Waals surface area contributed by atoms with Crippen molar-refractivity contribution in [1.29, 1.82) is 0 Å². The molecular formula is C18H20OS. The van der Waals surface area contributed by atoms with Crippen molar-refractivity contribution >= 4 is 11.2 Å². The van der Waals surface area contributed by atoms with Gasteiger partial charge in [0.1, 0.15) is 0 Å². The number of fused-ring (bicyclic) bond motifs is 2. The lowest BCUT2D eigenvalue weighted by Gasteiger charge is -2.34. The first-order valence-electron chi connectivity index (χ1n) is 7.08. The number of rotatable bonds is 1. The van der Waals surface area contributed by atoms with Crippen LogP contribution < -0.4 is 0 Å². The Bertz CT molecular complexity index is 658. The normalized spacial score (nSPS) is 19.6. The molecule has 0 N–H and O–H groups in total. The van der Waals surface area contributed by atoms with E-state index in [1.165, 1.54) is 16.7 Å². The highest BCUT2D eigenvalue weighted by Gasteiger charge is 2.40. The van der Waals surface area contributed by atoms with Gasteiger partial charge < -0.3 is 4.55 Å². The number of hydrogen-bond donors (Lipinski definition) is 0. The molecule has 0 radical (unpaired) electrons. The minimum atomic E-state index is -1.06. The molecule has 104 valence electrons. The van der Waals surface area contributed by atoms with Crippen molar-refractivity contribution in [2.75, 3.05) is 0 Å². The van der Waals surface area contributed by atoms with Crippen LogP contribution in [-0.2, 0) is 16.6 Å². The summed E-state index contributed by atoms with van der Waals surface area (Å²) >= 11 is -1.06. The Morgan fingerprint density at radius 1 is 0.950 bits per heavy atom. The van der Waals surface area contributed by atoms with Crippen molar-refractivity contribution in [2.45, 2.75) is 48.8 Å². The maximum Gasteiger partial charge on any atom is 0.162 e. The van der Waals surface area contributed by atoms with Gasteiger partial charge in [0.15, 0.2) is 9.79 Å². The Hall–Kier alpha value is -1.25. The molecule has 2 heteroatoms. The van der Waals surface area contributed by atoms with Crippen LogP contribution in [0.25, 0.3) is 0 Å². The average Bonchev–Trinajstić information content (AvgIpc) is 2.44. The minimum absolute atomic E-state index is 0.0925. The maximum atomic E-state index is 12.8. The first-order valence-corrected chi connectivity index (χ1v) is 8.23. The molecule has 20 heavy (non-hydrogen) atoms. The van der Waals surface area contributed by atoms with Gasteiger partial charge in [-0.3, -0.25) is 0 Å². The van der Waals surface area contributed by atoms with E-state index in [0.29, 0.717) is 5.92 Å². The molecule has 0 saturated carbocycles. The summed E-state index contributed by atoms with van der Waals surface area (Å²) < 4.78 is 12.8. The van der Waals surface area contributed by atoms with Crippen LogP contribution in [-0.4, -0.2) is 4.55 Å². The molecule has 3 rings (SSSR count). The standard InChI is InChI=1S/C18H20OS/c1-12(2)13-9-10-17-15(11-13)18(3,4)14-7-5-6-8-16(14)20(17)19/h5-12H,1-4H3. The quantitative estimate of drug-likeness (QED) is 0.701. The van der Waals surface area contributed by atoms with Gasteiger partial charge in [-0.25, -0.2) is 0 Å². The van der Waals surface area contributed by atoms with Crippen LogP contribution in [0.1, 0.15) is 50.3 Å². The van der Waals surface area contributed by atoms with Gasteiger partial charge in [0.2, 0.25) is 0 Å². The lowest BCUT2D eigenvalue weighted by atomic mass is 9.76. The average molecular weight is 284 g/mol. The first-order chi connectivity index (χ1) is 9.43. The van der Waals surface area contributed by atoms with E-state index in [1.54, 1.807) is 0 Å². The van der Waals surface area contributed by atoms with Gasteiger partial charge in [0.25, 0.3) is 0 Å². The molecule has 1 aliphatic heterocycles. The molecular weight excluding hydrogens is 264 g/mol. The third-order valence-corrected chi connectivity index (χ3v) is 5.81. The van der Waals surface area contributed by atoms with Gasteiger partial charge in [0.05, 0.1) is 0 Å². The van der Waals surface area contributed by atoms with Crippen molar-refractivity contribution < 1.29 is 4.55 Å². The highest BCUT2D eigenvalue weighted by Crippen LogP contribution is 2.46. The Morgan fingerprint density at radius 2 is 1.60 bits per heavy atom. The zero-order chi connectivity index (χ0) is 14.5. The predicted molar refractivity (Wildman–Crippen MR) is 83.8 cm³/mol. The van der Waals surface area contributed by atoms with Gasteiger partial charge in [-0.2, -0.15) is 0 Å². The summed E-state index contributed by atoms with van der Waals surface area (Å²) in [5.74, 6) is 0.488. The summed E-state index contributed by atoms with van der Waals surface area (Å²) in [6.07, 6.45) is 0. The lowest BCUT2D eigenvalue weighted by Crippen LogP contribution is -2.30. The van der Waals surface area contributed by atoms with Gasteiger partial charge in [0, 0.05) is 27.7 Å². The molecule has 0 bridgehead atoms. The van der Waals surface area contributed by atoms with Crippen molar-refractivity contribution in [1.82, 2.24) is 0 Å². The van der Waals surface area contributed by atoms with Crippen molar-refractivity contribution in [3.8, 4) is 0 Å². The van der Waals surface area contributed by atoms with Gasteiger partial charge in [-0.1, -0.05) is 52.0 Å². The summed E-state index contributed by atoms with van der Waals surface area (Å²) in [7, 11) is 0. The molecule has 1 nitrogen and oxygen atoms in total. The van der Waals surface area contributed by atoms with E-state index < -0.39 is 11.2 Å². The van der Waals surface area contributed by atoms with Crippen LogP contribution in [0, 0.1) is 0 Å². The summed E-state index contributed by atoms with van der Waals surface area (Å²) in [6, 6.07) is 14.5. The monoisotopic (exact) mass is 284 g/mol. The second-order valence-electron chi connectivity index (χ2n) is 6.30. The highest BCUT2D eigenvalue weighted by atomic mass is 32.2. The van der Waals surface area contributed by atoms with Crippen LogP contribution in [0.4, 0.5) is 0 Å². The van der Waals surface area contributed by atoms with E-state index in [2.05, 4.69) is 52.0 Å². The van der Waals surface area contributed by atoms with E-state index in [4.69, 9.17) is 0 Å². The van der Waals surface area contributed by atoms with Crippen LogP contribution in [0.3, 0.4) is 0 Å². The third kappa shape index (κ3) is 1.90. The second kappa shape index (κ2) is 4.64. The Labute approximate surface area is 124 Å². The van der Waals surface area contributed by atoms with Crippen LogP contribution in [0.5, 0.6) is 0 Å². The van der Waals surface area contributed by atoms with E-state index in [0.717, 1.165) is 9.79 Å². The molecule has 0 aliphatic carbocycles. The van der Waals surface area contributed by atoms with Crippen molar-refractivity contribution in [3.05, 3.63) is 59.2 Å². The Kier molecular flexibility index (Phi) is 3.19. The largest absolute Gasteiger partial charge is 0.606 e. The maximum absolute atomic E-state index is 12.8. The molecule has 0 fully saturated rings. The molecule has 1 unspecified atom stereocenters. The molecule has 2 aromatic rings. The fraction of sp³-hybridized carbons (Fsp3) is 0.333. The second-order valence-corrected chi connectivity index (χ2v) is 7.72. The van der Waals surface area contributed by atoms with Crippen molar-refractivity contribution in [2.24, 2.45) is 0 Å². The SMILES string of the molecule is CC(C)c1ccc2c(c1)C(C)(C)c1ccccc1[S+]2[O-]. The Balaban J connectivity index is 2.26. The van der Waals surface area contributed by atoms with Crippen molar-refractivity contribution in [3.63, 3.8) is 0 Å². The van der Waals surface area contributed by atoms with E-state index in [9.17, 15) is 4.55 Å². The topological polar surface area (TPSA) is 23.1 Å². The molecule has 1 atom stereocenters. The lowest BCUT2D eigenvalue weighted by molar-refractivity contribution is 0.554. The molecule has 2 aromatic carbocycles. The van der Waals surface area contributed by atoms with E-state index in [-0.39, 0.29) is 5.41 Å². The molecule has 1 heterocycles. The third-order valence-electron chi connectivity index (χ3n) is 4.30. The number of hydrogen-bond acceptors (Lipinski definition) is 1. The molecule has 0 amide bonds. The van der Waals surface area contributed by atoms with Gasteiger partial charge >= 0.3 is 0 Å². The summed E-state index contributed by atoms with van der Waals surface area (Å²) in [6.45, 7) is 8.85. The summed E-state index contributed by atoms with van der Waals surface area (Å²) in [5.41, 5.74) is 3.62. The van der Waals surface area contributed by atoms with Crippen LogP contribution in [0.2, 0.25) is 0 Å². The van der Waals surface area contributed by atoms with E-state index >= 15 is 0 Å². The van der Waals surface area contributed by atoms with Crippen LogP contribution >= 0.6 is 0 Å². The van der Waals surface area contributed by atoms with E-state index in [1.807, 2.05) is 18.2 Å². The summed E-state index contributed by atoms with van der Waals surface area (Å²) in [5, 5.41) is 0.